The predicted octanol–water partition coefficient (Wildman–Crippen LogP) is 2.36. The quantitative estimate of drug-likeness (QED) is 0.736. The number of carboxylic acid groups (broad SMARTS) is 1. The van der Waals surface area contributed by atoms with Crippen LogP contribution in [0.2, 0.25) is 0 Å². The molecular weight excluding hydrogens is 190 g/mol. The van der Waals surface area contributed by atoms with Gasteiger partial charge in [0.15, 0.2) is 0 Å². The van der Waals surface area contributed by atoms with E-state index in [4.69, 9.17) is 5.11 Å². The summed E-state index contributed by atoms with van der Waals surface area (Å²) in [5.74, 6) is -0.813. The lowest BCUT2D eigenvalue weighted by Crippen LogP contribution is -2.09. The number of carbonyl (C=O) groups is 1. The Balaban J connectivity index is 2.43. The van der Waals surface area contributed by atoms with E-state index >= 15 is 0 Å². The molecule has 3 heteroatoms. The highest BCUT2D eigenvalue weighted by molar-refractivity contribution is 5.93. The van der Waals surface area contributed by atoms with Crippen molar-refractivity contribution in [2.75, 3.05) is 11.9 Å². The van der Waals surface area contributed by atoms with Crippen LogP contribution in [0.4, 0.5) is 5.69 Å². The van der Waals surface area contributed by atoms with Crippen LogP contribution in [0.25, 0.3) is 6.08 Å². The molecule has 0 saturated heterocycles. The van der Waals surface area contributed by atoms with Gasteiger partial charge < -0.3 is 10.4 Å². The number of nitrogens with one attached hydrogen (secondary N) is 1. The van der Waals surface area contributed by atoms with Gasteiger partial charge in [-0.25, -0.2) is 4.79 Å². The summed E-state index contributed by atoms with van der Waals surface area (Å²) in [6.07, 6.45) is 3.23. The lowest BCUT2D eigenvalue weighted by molar-refractivity contribution is -0.132. The van der Waals surface area contributed by atoms with E-state index in [-0.39, 0.29) is 0 Å². The minimum absolute atomic E-state index is 0.490. The van der Waals surface area contributed by atoms with E-state index in [0.717, 1.165) is 24.2 Å². The van der Waals surface area contributed by atoms with E-state index < -0.39 is 5.97 Å². The molecule has 0 aromatic heterocycles. The molecule has 3 nitrogen and oxygen atoms in total. The topological polar surface area (TPSA) is 49.3 Å². The van der Waals surface area contributed by atoms with Crippen molar-refractivity contribution in [2.24, 2.45) is 0 Å². The van der Waals surface area contributed by atoms with Crippen molar-refractivity contribution in [1.82, 2.24) is 0 Å². The molecule has 0 spiro atoms. The zero-order valence-corrected chi connectivity index (χ0v) is 8.36. The van der Waals surface area contributed by atoms with Crippen LogP contribution in [-0.2, 0) is 4.79 Å². The molecule has 78 valence electrons. The lowest BCUT2D eigenvalue weighted by atomic mass is 10.0. The standard InChI is InChI=1S/C12H13NO2/c14-12(15)10-5-3-7-13-11-6-2-1-4-9(11)8-10/h1-2,4,6,8,13H,3,5,7H2,(H,14,15). The Hall–Kier alpha value is -1.77. The van der Waals surface area contributed by atoms with Gasteiger partial charge in [0.25, 0.3) is 0 Å². The lowest BCUT2D eigenvalue weighted by Gasteiger charge is -2.13. The third-order valence-electron chi connectivity index (χ3n) is 2.50. The third-order valence-corrected chi connectivity index (χ3v) is 2.50. The maximum atomic E-state index is 10.9. The molecule has 1 aliphatic rings. The summed E-state index contributed by atoms with van der Waals surface area (Å²) in [6.45, 7) is 0.821. The van der Waals surface area contributed by atoms with Gasteiger partial charge in [-0.15, -0.1) is 0 Å². The fourth-order valence-corrected chi connectivity index (χ4v) is 1.71. The van der Waals surface area contributed by atoms with Crippen LogP contribution >= 0.6 is 0 Å². The van der Waals surface area contributed by atoms with Crippen LogP contribution in [0.3, 0.4) is 0 Å². The highest BCUT2D eigenvalue weighted by Crippen LogP contribution is 2.22. The molecule has 2 N–H and O–H groups in total. The van der Waals surface area contributed by atoms with Crippen molar-refractivity contribution in [3.63, 3.8) is 0 Å². The molecule has 0 radical (unpaired) electrons. The number of carboxylic acids is 1. The van der Waals surface area contributed by atoms with Gasteiger partial charge in [-0.2, -0.15) is 0 Å². The average Bonchev–Trinajstić information content (AvgIpc) is 2.18. The van der Waals surface area contributed by atoms with Gasteiger partial charge in [-0.1, -0.05) is 18.2 Å². The first kappa shape index (κ1) is 9.77. The first-order valence-electron chi connectivity index (χ1n) is 5.04. The van der Waals surface area contributed by atoms with Crippen LogP contribution < -0.4 is 5.32 Å². The average molecular weight is 203 g/mol. The van der Waals surface area contributed by atoms with Crippen molar-refractivity contribution in [3.05, 3.63) is 35.4 Å². The first-order valence-corrected chi connectivity index (χ1v) is 5.04. The van der Waals surface area contributed by atoms with Gasteiger partial charge in [-0.05, 0) is 30.5 Å². The number of hydrogen-bond acceptors (Lipinski definition) is 2. The fraction of sp³-hybridized carbons (Fsp3) is 0.250. The number of anilines is 1. The zero-order chi connectivity index (χ0) is 10.7. The van der Waals surface area contributed by atoms with E-state index in [1.807, 2.05) is 24.3 Å². The third kappa shape index (κ3) is 2.18. The Morgan fingerprint density at radius 1 is 1.33 bits per heavy atom. The number of hydrogen-bond donors (Lipinski definition) is 2. The smallest absolute Gasteiger partial charge is 0.331 e. The summed E-state index contributed by atoms with van der Waals surface area (Å²) in [5.41, 5.74) is 2.45. The van der Waals surface area contributed by atoms with E-state index in [2.05, 4.69) is 5.32 Å². The van der Waals surface area contributed by atoms with Gasteiger partial charge in [-0.3, -0.25) is 0 Å². The molecule has 0 fully saturated rings. The second-order valence-electron chi connectivity index (χ2n) is 3.59. The summed E-state index contributed by atoms with van der Waals surface area (Å²) in [7, 11) is 0. The zero-order valence-electron chi connectivity index (χ0n) is 8.36. The van der Waals surface area contributed by atoms with E-state index in [1.54, 1.807) is 6.08 Å². The van der Waals surface area contributed by atoms with Gasteiger partial charge in [0.1, 0.15) is 0 Å². The minimum Gasteiger partial charge on any atom is -0.478 e. The van der Waals surface area contributed by atoms with Crippen molar-refractivity contribution < 1.29 is 9.90 Å². The summed E-state index contributed by atoms with van der Waals surface area (Å²) >= 11 is 0. The highest BCUT2D eigenvalue weighted by Gasteiger charge is 2.11. The molecule has 2 rings (SSSR count). The van der Waals surface area contributed by atoms with Crippen molar-refractivity contribution in [3.8, 4) is 0 Å². The first-order chi connectivity index (χ1) is 7.27. The Bertz CT molecular complexity index is 410. The number of rotatable bonds is 1. The van der Waals surface area contributed by atoms with Crippen LogP contribution in [0.5, 0.6) is 0 Å². The molecule has 1 aromatic carbocycles. The monoisotopic (exact) mass is 203 g/mol. The van der Waals surface area contributed by atoms with E-state index in [9.17, 15) is 4.79 Å². The molecule has 0 saturated carbocycles. The second kappa shape index (κ2) is 4.17. The number of aliphatic carboxylic acids is 1. The molecule has 0 unspecified atom stereocenters. The Morgan fingerprint density at radius 2 is 2.13 bits per heavy atom. The Morgan fingerprint density at radius 3 is 2.93 bits per heavy atom. The fourth-order valence-electron chi connectivity index (χ4n) is 1.71. The van der Waals surface area contributed by atoms with Crippen LogP contribution in [0.1, 0.15) is 18.4 Å². The van der Waals surface area contributed by atoms with Crippen LogP contribution in [0.15, 0.2) is 29.8 Å². The van der Waals surface area contributed by atoms with E-state index in [0.29, 0.717) is 12.0 Å². The maximum Gasteiger partial charge on any atom is 0.331 e. The number of benzene rings is 1. The SMILES string of the molecule is O=C(O)C1=Cc2ccccc2NCCC1. The summed E-state index contributed by atoms with van der Waals surface area (Å²) in [4.78, 5) is 10.9. The molecule has 1 aromatic rings. The largest absolute Gasteiger partial charge is 0.478 e. The van der Waals surface area contributed by atoms with Crippen molar-refractivity contribution >= 4 is 17.7 Å². The molecule has 1 aliphatic heterocycles. The second-order valence-corrected chi connectivity index (χ2v) is 3.59. The van der Waals surface area contributed by atoms with Crippen molar-refractivity contribution in [2.45, 2.75) is 12.8 Å². The predicted molar refractivity (Wildman–Crippen MR) is 59.8 cm³/mol. The van der Waals surface area contributed by atoms with Crippen molar-refractivity contribution in [1.29, 1.82) is 0 Å². The minimum atomic E-state index is -0.813. The van der Waals surface area contributed by atoms with Gasteiger partial charge in [0.05, 0.1) is 0 Å². The summed E-state index contributed by atoms with van der Waals surface area (Å²) in [6, 6.07) is 7.76. The van der Waals surface area contributed by atoms with Gasteiger partial charge in [0.2, 0.25) is 0 Å². The van der Waals surface area contributed by atoms with E-state index in [1.165, 1.54) is 0 Å². The molecule has 0 amide bonds. The number of fused-ring (bicyclic) bond motifs is 1. The van der Waals surface area contributed by atoms with Crippen LogP contribution in [0, 0.1) is 0 Å². The van der Waals surface area contributed by atoms with Gasteiger partial charge >= 0.3 is 5.97 Å². The van der Waals surface area contributed by atoms with Gasteiger partial charge in [0, 0.05) is 17.8 Å². The highest BCUT2D eigenvalue weighted by atomic mass is 16.4. The molecule has 0 aliphatic carbocycles. The summed E-state index contributed by atoms with van der Waals surface area (Å²) < 4.78 is 0. The molecule has 0 bridgehead atoms. The number of para-hydroxylation sites is 1. The molecule has 1 heterocycles. The molecular formula is C12H13NO2. The Kier molecular flexibility index (Phi) is 2.72. The normalized spacial score (nSPS) is 15.3. The maximum absolute atomic E-state index is 10.9. The van der Waals surface area contributed by atoms with Crippen LogP contribution in [-0.4, -0.2) is 17.6 Å². The molecule has 0 atom stereocenters. The molecule has 15 heavy (non-hydrogen) atoms. The Labute approximate surface area is 88.4 Å². The summed E-state index contributed by atoms with van der Waals surface area (Å²) in [5, 5.41) is 12.3.